The molecule has 2 aromatic heterocycles. The Bertz CT molecular complexity index is 984. The van der Waals surface area contributed by atoms with Gasteiger partial charge >= 0.3 is 0 Å². The molecule has 0 unspecified atom stereocenters. The molecule has 0 N–H and O–H groups in total. The molecule has 0 saturated carbocycles. The first-order valence-electron chi connectivity index (χ1n) is 7.95. The van der Waals surface area contributed by atoms with E-state index in [-0.39, 0.29) is 5.56 Å². The minimum atomic E-state index is -0.0360. The number of benzene rings is 1. The highest BCUT2D eigenvalue weighted by molar-refractivity contribution is 7.99. The summed E-state index contributed by atoms with van der Waals surface area (Å²) in [5, 5.41) is 9.99. The molecule has 0 fully saturated rings. The van der Waals surface area contributed by atoms with Gasteiger partial charge in [-0.3, -0.25) is 9.36 Å². The van der Waals surface area contributed by atoms with Crippen LogP contribution in [-0.4, -0.2) is 15.3 Å². The summed E-state index contributed by atoms with van der Waals surface area (Å²) in [6, 6.07) is 14.1. The van der Waals surface area contributed by atoms with E-state index in [1.165, 1.54) is 23.1 Å². The highest BCUT2D eigenvalue weighted by Crippen LogP contribution is 2.32. The van der Waals surface area contributed by atoms with Crippen LogP contribution >= 0.6 is 23.1 Å². The molecule has 1 aromatic carbocycles. The molecule has 0 atom stereocenters. The quantitative estimate of drug-likeness (QED) is 0.263. The van der Waals surface area contributed by atoms with Crippen molar-refractivity contribution in [3.8, 4) is 16.5 Å². The van der Waals surface area contributed by atoms with E-state index < -0.39 is 0 Å². The van der Waals surface area contributed by atoms with Crippen molar-refractivity contribution in [3.05, 3.63) is 59.4 Å². The highest BCUT2D eigenvalue weighted by atomic mass is 32.2. The van der Waals surface area contributed by atoms with Crippen LogP contribution in [0.4, 0.5) is 0 Å². The largest absolute Gasteiger partial charge is 0.283 e. The van der Waals surface area contributed by atoms with Crippen molar-refractivity contribution in [2.45, 2.75) is 24.5 Å². The number of rotatable bonds is 7. The van der Waals surface area contributed by atoms with Crippen LogP contribution in [0.3, 0.4) is 0 Å². The number of aromatic nitrogens is 2. The van der Waals surface area contributed by atoms with E-state index in [1.54, 1.807) is 10.6 Å². The Kier molecular flexibility index (Phi) is 5.69. The fourth-order valence-corrected chi connectivity index (χ4v) is 4.48. The molecule has 126 valence electrons. The van der Waals surface area contributed by atoms with Crippen molar-refractivity contribution in [2.75, 3.05) is 5.75 Å². The first kappa shape index (κ1) is 17.5. The van der Waals surface area contributed by atoms with E-state index in [4.69, 9.17) is 10.2 Å². The number of allylic oxidation sites excluding steroid dienone is 1. The van der Waals surface area contributed by atoms with Crippen molar-refractivity contribution in [3.63, 3.8) is 0 Å². The predicted molar refractivity (Wildman–Crippen MR) is 105 cm³/mol. The summed E-state index contributed by atoms with van der Waals surface area (Å²) < 4.78 is 1.66. The zero-order valence-electron chi connectivity index (χ0n) is 13.6. The van der Waals surface area contributed by atoms with Gasteiger partial charge in [0.05, 0.1) is 11.5 Å². The van der Waals surface area contributed by atoms with Gasteiger partial charge in [-0.1, -0.05) is 48.2 Å². The number of thioether (sulfide) groups is 1. The van der Waals surface area contributed by atoms with Crippen LogP contribution in [0.5, 0.6) is 0 Å². The molecule has 3 aromatic rings. The van der Waals surface area contributed by atoms with Crippen LogP contribution in [-0.2, 0) is 6.54 Å². The molecule has 0 aliphatic heterocycles. The maximum absolute atomic E-state index is 12.9. The average Bonchev–Trinajstić information content (AvgIpc) is 3.07. The first-order chi connectivity index (χ1) is 12.2. The maximum atomic E-state index is 12.9. The lowest BCUT2D eigenvalue weighted by atomic mass is 10.2. The molecule has 0 aliphatic rings. The van der Waals surface area contributed by atoms with Crippen LogP contribution in [0.1, 0.15) is 12.8 Å². The summed E-state index contributed by atoms with van der Waals surface area (Å²) in [7, 11) is 0. The van der Waals surface area contributed by atoms with Gasteiger partial charge in [-0.25, -0.2) is 4.98 Å². The predicted octanol–water partition coefficient (Wildman–Crippen LogP) is 4.71. The fraction of sp³-hybridized carbons (Fsp3) is 0.211. The standard InChI is InChI=1S/C19H17N3OS2/c1-2-11-22-18(23)15-13-16(14-8-4-3-5-9-14)25-17(15)21-19(22)24-12-7-6-10-20/h2-5,8-9,13H,1,6-7,11-12H2. The Morgan fingerprint density at radius 3 is 2.88 bits per heavy atom. The van der Waals surface area contributed by atoms with Gasteiger partial charge in [0, 0.05) is 23.6 Å². The van der Waals surface area contributed by atoms with Crippen LogP contribution < -0.4 is 5.56 Å². The van der Waals surface area contributed by atoms with Crippen LogP contribution in [0.25, 0.3) is 20.7 Å². The molecule has 25 heavy (non-hydrogen) atoms. The Labute approximate surface area is 154 Å². The van der Waals surface area contributed by atoms with Crippen molar-refractivity contribution < 1.29 is 0 Å². The molecule has 6 heteroatoms. The Balaban J connectivity index is 2.04. The Hall–Kier alpha value is -2.36. The molecule has 4 nitrogen and oxygen atoms in total. The second kappa shape index (κ2) is 8.15. The molecule has 0 bridgehead atoms. The second-order valence-corrected chi connectivity index (χ2v) is 7.50. The Morgan fingerprint density at radius 1 is 1.36 bits per heavy atom. The van der Waals surface area contributed by atoms with E-state index in [2.05, 4.69) is 12.6 Å². The van der Waals surface area contributed by atoms with Crippen LogP contribution in [0.15, 0.2) is 59.0 Å². The van der Waals surface area contributed by atoms with E-state index >= 15 is 0 Å². The number of thiophene rings is 1. The lowest BCUT2D eigenvalue weighted by Gasteiger charge is -2.09. The first-order valence-corrected chi connectivity index (χ1v) is 9.75. The normalized spacial score (nSPS) is 10.7. The molecule has 3 rings (SSSR count). The van der Waals surface area contributed by atoms with Gasteiger partial charge in [0.2, 0.25) is 0 Å². The van der Waals surface area contributed by atoms with Gasteiger partial charge in [-0.2, -0.15) is 5.26 Å². The number of unbranched alkanes of at least 4 members (excludes halogenated alkanes) is 1. The molecule has 0 saturated heterocycles. The van der Waals surface area contributed by atoms with Gasteiger partial charge in [0.25, 0.3) is 5.56 Å². The van der Waals surface area contributed by atoms with Crippen LogP contribution in [0.2, 0.25) is 0 Å². The Morgan fingerprint density at radius 2 is 2.16 bits per heavy atom. The summed E-state index contributed by atoms with van der Waals surface area (Å²) in [4.78, 5) is 19.4. The minimum Gasteiger partial charge on any atom is -0.283 e. The smallest absolute Gasteiger partial charge is 0.263 e. The van der Waals surface area contributed by atoms with Crippen molar-refractivity contribution in [1.82, 2.24) is 9.55 Å². The van der Waals surface area contributed by atoms with Gasteiger partial charge in [0.1, 0.15) is 4.83 Å². The van der Waals surface area contributed by atoms with E-state index in [0.717, 1.165) is 27.4 Å². The summed E-state index contributed by atoms with van der Waals surface area (Å²) in [6.45, 7) is 4.17. The van der Waals surface area contributed by atoms with Crippen molar-refractivity contribution in [1.29, 1.82) is 5.26 Å². The molecule has 0 radical (unpaired) electrons. The summed E-state index contributed by atoms with van der Waals surface area (Å²) in [5.41, 5.74) is 1.05. The SMILES string of the molecule is C=CCn1c(SCCCC#N)nc2sc(-c3ccccc3)cc2c1=O. The fourth-order valence-electron chi connectivity index (χ4n) is 2.46. The number of hydrogen-bond acceptors (Lipinski definition) is 5. The number of nitrogens with zero attached hydrogens (tertiary/aromatic N) is 3. The lowest BCUT2D eigenvalue weighted by Crippen LogP contribution is -2.22. The zero-order valence-corrected chi connectivity index (χ0v) is 15.3. The average molecular weight is 367 g/mol. The monoisotopic (exact) mass is 367 g/mol. The number of hydrogen-bond donors (Lipinski definition) is 0. The molecule has 0 spiro atoms. The van der Waals surface area contributed by atoms with Crippen molar-refractivity contribution >= 4 is 33.3 Å². The third-order valence-corrected chi connectivity index (χ3v) is 5.79. The number of nitriles is 1. The van der Waals surface area contributed by atoms with Gasteiger partial charge in [-0.05, 0) is 18.1 Å². The van der Waals surface area contributed by atoms with Gasteiger partial charge in [-0.15, -0.1) is 17.9 Å². The molecular weight excluding hydrogens is 350 g/mol. The van der Waals surface area contributed by atoms with E-state index in [0.29, 0.717) is 23.5 Å². The number of fused-ring (bicyclic) bond motifs is 1. The van der Waals surface area contributed by atoms with Gasteiger partial charge in [0.15, 0.2) is 5.16 Å². The third kappa shape index (κ3) is 3.84. The molecule has 2 heterocycles. The minimum absolute atomic E-state index is 0.0360. The second-order valence-electron chi connectivity index (χ2n) is 5.40. The highest BCUT2D eigenvalue weighted by Gasteiger charge is 2.14. The van der Waals surface area contributed by atoms with Crippen LogP contribution in [0, 0.1) is 11.3 Å². The molecule has 0 amide bonds. The lowest BCUT2D eigenvalue weighted by molar-refractivity contribution is 0.672. The van der Waals surface area contributed by atoms with E-state index in [9.17, 15) is 4.79 Å². The van der Waals surface area contributed by atoms with Gasteiger partial charge < -0.3 is 0 Å². The van der Waals surface area contributed by atoms with E-state index in [1.807, 2.05) is 36.4 Å². The third-order valence-electron chi connectivity index (χ3n) is 3.65. The summed E-state index contributed by atoms with van der Waals surface area (Å²) in [5.74, 6) is 0.763. The summed E-state index contributed by atoms with van der Waals surface area (Å²) in [6.07, 6.45) is 3.00. The van der Waals surface area contributed by atoms with Crippen molar-refractivity contribution in [2.24, 2.45) is 0 Å². The maximum Gasteiger partial charge on any atom is 0.263 e. The summed E-state index contributed by atoms with van der Waals surface area (Å²) >= 11 is 3.05. The molecular formula is C19H17N3OS2. The zero-order chi connectivity index (χ0) is 17.6. The topological polar surface area (TPSA) is 58.7 Å². The molecule has 0 aliphatic carbocycles.